The highest BCUT2D eigenvalue weighted by molar-refractivity contribution is 7.89. The predicted molar refractivity (Wildman–Crippen MR) is 115 cm³/mol. The molecule has 0 aromatic heterocycles. The van der Waals surface area contributed by atoms with Crippen LogP contribution in [0.4, 0.5) is 0 Å². The van der Waals surface area contributed by atoms with Crippen molar-refractivity contribution < 1.29 is 18.3 Å². The maximum absolute atomic E-state index is 12.8. The molecule has 2 N–H and O–H groups in total. The second kappa shape index (κ2) is 9.82. The second-order valence-corrected chi connectivity index (χ2v) is 10.6. The number of carbonyl (C=O) groups is 1. The van der Waals surface area contributed by atoms with Crippen LogP contribution in [-0.2, 0) is 14.8 Å². The lowest BCUT2D eigenvalue weighted by Gasteiger charge is -2.48. The van der Waals surface area contributed by atoms with E-state index >= 15 is 0 Å². The van der Waals surface area contributed by atoms with Crippen LogP contribution in [0.1, 0.15) is 44.9 Å². The number of rotatable bonds is 9. The molecule has 1 aromatic rings. The van der Waals surface area contributed by atoms with Gasteiger partial charge in [-0.3, -0.25) is 4.79 Å². The Kier molecular flexibility index (Phi) is 7.65. The summed E-state index contributed by atoms with van der Waals surface area (Å²) in [4.78, 5) is 10.7. The molecule has 3 aliphatic rings. The van der Waals surface area contributed by atoms with Crippen LogP contribution in [0, 0.1) is 23.7 Å². The maximum atomic E-state index is 12.8. The van der Waals surface area contributed by atoms with Gasteiger partial charge in [0, 0.05) is 18.0 Å². The minimum Gasteiger partial charge on any atom is -0.481 e. The number of unbranched alkanes of at least 4 members (excludes halogenated alkanes) is 1. The molecule has 4 rings (SSSR count). The van der Waals surface area contributed by atoms with Crippen molar-refractivity contribution in [3.63, 3.8) is 0 Å². The summed E-state index contributed by atoms with van der Waals surface area (Å²) in [5.41, 5.74) is 0. The van der Waals surface area contributed by atoms with E-state index in [0.717, 1.165) is 19.3 Å². The molecule has 0 amide bonds. The second-order valence-electron chi connectivity index (χ2n) is 8.06. The van der Waals surface area contributed by atoms with E-state index in [4.69, 9.17) is 28.3 Å². The van der Waals surface area contributed by atoms with Crippen LogP contribution in [0.2, 0.25) is 10.0 Å². The largest absolute Gasteiger partial charge is 0.481 e. The number of carboxylic acids is 1. The number of allylic oxidation sites excluding steroid dienone is 2. The Morgan fingerprint density at radius 1 is 1.17 bits per heavy atom. The Morgan fingerprint density at radius 2 is 1.86 bits per heavy atom. The summed E-state index contributed by atoms with van der Waals surface area (Å²) in [7, 11) is -3.72. The molecule has 1 aromatic carbocycles. The van der Waals surface area contributed by atoms with Crippen LogP contribution >= 0.6 is 23.2 Å². The molecule has 2 atom stereocenters. The molecule has 2 bridgehead atoms. The number of aliphatic carboxylic acids is 1. The lowest BCUT2D eigenvalue weighted by molar-refractivity contribution is -0.137. The van der Waals surface area contributed by atoms with Gasteiger partial charge in [-0.25, -0.2) is 13.1 Å². The minimum absolute atomic E-state index is 0.0466. The van der Waals surface area contributed by atoms with E-state index in [1.807, 2.05) is 0 Å². The van der Waals surface area contributed by atoms with Gasteiger partial charge in [-0.05, 0) is 80.4 Å². The lowest BCUT2D eigenvalue weighted by Crippen LogP contribution is -2.45. The number of hydrogen-bond donors (Lipinski definition) is 2. The topological polar surface area (TPSA) is 83.5 Å². The molecule has 0 spiro atoms. The van der Waals surface area contributed by atoms with Crippen LogP contribution in [0.15, 0.2) is 35.2 Å². The first-order chi connectivity index (χ1) is 13.8. The van der Waals surface area contributed by atoms with Crippen molar-refractivity contribution >= 4 is 39.2 Å². The van der Waals surface area contributed by atoms with Crippen LogP contribution < -0.4 is 4.72 Å². The van der Waals surface area contributed by atoms with Crippen LogP contribution in [0.5, 0.6) is 0 Å². The van der Waals surface area contributed by atoms with Gasteiger partial charge in [-0.15, -0.1) is 0 Å². The Hall–Kier alpha value is -1.08. The van der Waals surface area contributed by atoms with E-state index in [-0.39, 0.29) is 22.3 Å². The van der Waals surface area contributed by atoms with Gasteiger partial charge in [0.05, 0.1) is 5.02 Å². The summed E-state index contributed by atoms with van der Waals surface area (Å²) in [6.45, 7) is 0.382. The number of fused-ring (bicyclic) bond motifs is 3. The highest BCUT2D eigenvalue weighted by Gasteiger charge is 2.42. The van der Waals surface area contributed by atoms with Crippen molar-refractivity contribution in [2.75, 3.05) is 6.54 Å². The van der Waals surface area contributed by atoms with E-state index in [2.05, 4.69) is 16.9 Å². The normalized spacial score (nSPS) is 26.8. The maximum Gasteiger partial charge on any atom is 0.303 e. The molecule has 0 saturated heterocycles. The zero-order valence-electron chi connectivity index (χ0n) is 16.2. The van der Waals surface area contributed by atoms with E-state index < -0.39 is 16.0 Å². The van der Waals surface area contributed by atoms with Crippen LogP contribution in [-0.4, -0.2) is 26.0 Å². The van der Waals surface area contributed by atoms with Crippen molar-refractivity contribution in [3.8, 4) is 0 Å². The zero-order valence-corrected chi connectivity index (χ0v) is 18.5. The third-order valence-corrected chi connectivity index (χ3v) is 8.41. The standard InChI is InChI=1S/C21H27Cl2NO4S/c22-16-10-11-20(19(23)12-16)29(27,28)24-13-18-15-8-6-14(7-9-15)17(18)4-2-1-3-5-21(25)26/h2,4,10-12,14-15,17-18,24H,1,3,5-9,13H2,(H,25,26)/b4-2+. The summed E-state index contributed by atoms with van der Waals surface area (Å²) in [6.07, 6.45) is 10.5. The van der Waals surface area contributed by atoms with Gasteiger partial charge in [0.15, 0.2) is 0 Å². The number of nitrogens with one attached hydrogen (secondary N) is 1. The average Bonchev–Trinajstić information content (AvgIpc) is 2.67. The SMILES string of the molecule is O=C(O)CCC/C=C/C1C2CCC(CC2)C1CNS(=O)(=O)c1ccc(Cl)cc1Cl. The van der Waals surface area contributed by atoms with E-state index in [1.54, 1.807) is 0 Å². The van der Waals surface area contributed by atoms with Gasteiger partial charge in [-0.1, -0.05) is 35.4 Å². The van der Waals surface area contributed by atoms with Crippen molar-refractivity contribution in [1.29, 1.82) is 0 Å². The number of hydrogen-bond acceptors (Lipinski definition) is 3. The predicted octanol–water partition coefficient (Wildman–Crippen LogP) is 5.14. The fourth-order valence-electron chi connectivity index (χ4n) is 4.83. The van der Waals surface area contributed by atoms with Gasteiger partial charge in [0.1, 0.15) is 4.90 Å². The van der Waals surface area contributed by atoms with Crippen LogP contribution in [0.25, 0.3) is 0 Å². The van der Waals surface area contributed by atoms with Crippen molar-refractivity contribution in [2.24, 2.45) is 23.7 Å². The monoisotopic (exact) mass is 459 g/mol. The summed E-state index contributed by atoms with van der Waals surface area (Å²) >= 11 is 12.0. The van der Waals surface area contributed by atoms with E-state index in [0.29, 0.717) is 35.7 Å². The molecular formula is C21H27Cl2NO4S. The third kappa shape index (κ3) is 5.75. The lowest BCUT2D eigenvalue weighted by atomic mass is 9.58. The molecule has 0 radical (unpaired) electrons. The first kappa shape index (κ1) is 22.6. The molecule has 160 valence electrons. The van der Waals surface area contributed by atoms with Gasteiger partial charge >= 0.3 is 5.97 Å². The number of carboxylic acid groups (broad SMARTS) is 1. The Balaban J connectivity index is 1.66. The molecule has 0 aliphatic heterocycles. The molecule has 3 fully saturated rings. The number of benzene rings is 1. The van der Waals surface area contributed by atoms with Gasteiger partial charge in [0.25, 0.3) is 0 Å². The zero-order chi connectivity index (χ0) is 21.0. The highest BCUT2D eigenvalue weighted by atomic mass is 35.5. The molecule has 2 unspecified atom stereocenters. The quantitative estimate of drug-likeness (QED) is 0.395. The smallest absolute Gasteiger partial charge is 0.303 e. The van der Waals surface area contributed by atoms with Crippen molar-refractivity contribution in [1.82, 2.24) is 4.72 Å². The summed E-state index contributed by atoms with van der Waals surface area (Å²) in [5, 5.41) is 9.27. The Labute approximate surface area is 182 Å². The van der Waals surface area contributed by atoms with Crippen molar-refractivity contribution in [3.05, 3.63) is 40.4 Å². The van der Waals surface area contributed by atoms with Crippen molar-refractivity contribution in [2.45, 2.75) is 49.8 Å². The Morgan fingerprint density at radius 3 is 2.52 bits per heavy atom. The molecule has 3 aliphatic carbocycles. The van der Waals surface area contributed by atoms with Gasteiger partial charge < -0.3 is 5.11 Å². The first-order valence-electron chi connectivity index (χ1n) is 10.1. The molecular weight excluding hydrogens is 433 g/mol. The molecule has 0 heterocycles. The molecule has 5 nitrogen and oxygen atoms in total. The van der Waals surface area contributed by atoms with Gasteiger partial charge in [-0.2, -0.15) is 0 Å². The summed E-state index contributed by atoms with van der Waals surface area (Å²) in [6, 6.07) is 4.38. The number of sulfonamides is 1. The molecule has 8 heteroatoms. The highest BCUT2D eigenvalue weighted by Crippen LogP contribution is 2.49. The fraction of sp³-hybridized carbons (Fsp3) is 0.571. The summed E-state index contributed by atoms with van der Waals surface area (Å²) < 4.78 is 28.3. The van der Waals surface area contributed by atoms with E-state index in [1.165, 1.54) is 31.0 Å². The third-order valence-electron chi connectivity index (χ3n) is 6.27. The summed E-state index contributed by atoms with van der Waals surface area (Å²) in [5.74, 6) is 0.888. The van der Waals surface area contributed by atoms with E-state index in [9.17, 15) is 13.2 Å². The Bertz CT molecular complexity index is 863. The minimum atomic E-state index is -3.72. The number of halogens is 2. The van der Waals surface area contributed by atoms with Gasteiger partial charge in [0.2, 0.25) is 10.0 Å². The first-order valence-corrected chi connectivity index (χ1v) is 12.3. The molecule has 3 saturated carbocycles. The fourth-order valence-corrected chi connectivity index (χ4v) is 6.67. The average molecular weight is 460 g/mol. The van der Waals surface area contributed by atoms with Crippen LogP contribution in [0.3, 0.4) is 0 Å². The molecule has 29 heavy (non-hydrogen) atoms.